The molecule has 1 aromatic rings. The Hall–Kier alpha value is -1.20. The van der Waals surface area contributed by atoms with Gasteiger partial charge in [-0.15, -0.1) is 0 Å². The summed E-state index contributed by atoms with van der Waals surface area (Å²) >= 11 is 0. The summed E-state index contributed by atoms with van der Waals surface area (Å²) in [5, 5.41) is 12.7. The zero-order valence-corrected chi connectivity index (χ0v) is 11.2. The Morgan fingerprint density at radius 2 is 2.33 bits per heavy atom. The molecule has 0 saturated carbocycles. The van der Waals surface area contributed by atoms with Crippen LogP contribution in [0.3, 0.4) is 0 Å². The van der Waals surface area contributed by atoms with Gasteiger partial charge in [-0.25, -0.2) is 4.98 Å². The van der Waals surface area contributed by atoms with Crippen LogP contribution in [-0.2, 0) is 0 Å². The molecule has 0 bridgehead atoms. The maximum Gasteiger partial charge on any atom is 0.150 e. The van der Waals surface area contributed by atoms with Crippen LogP contribution in [-0.4, -0.2) is 47.4 Å². The van der Waals surface area contributed by atoms with Crippen molar-refractivity contribution in [3.8, 4) is 0 Å². The second-order valence-electron chi connectivity index (χ2n) is 4.88. The molecule has 0 amide bonds. The number of aliphatic hydroxyl groups excluding tert-OH is 1. The predicted molar refractivity (Wildman–Crippen MR) is 71.8 cm³/mol. The molecule has 0 aromatic carbocycles. The van der Waals surface area contributed by atoms with Crippen LogP contribution in [0.25, 0.3) is 0 Å². The van der Waals surface area contributed by atoms with Gasteiger partial charge in [0.15, 0.2) is 0 Å². The minimum atomic E-state index is 0.141. The fourth-order valence-electron chi connectivity index (χ4n) is 2.41. The van der Waals surface area contributed by atoms with Gasteiger partial charge in [-0.3, -0.25) is 4.98 Å². The summed E-state index contributed by atoms with van der Waals surface area (Å²) in [7, 11) is 0. The lowest BCUT2D eigenvalue weighted by atomic mass is 10.2. The molecule has 100 valence electrons. The van der Waals surface area contributed by atoms with Crippen LogP contribution in [0.15, 0.2) is 6.20 Å². The number of aromatic nitrogens is 2. The van der Waals surface area contributed by atoms with Gasteiger partial charge in [0.05, 0.1) is 18.0 Å². The van der Waals surface area contributed by atoms with Crippen molar-refractivity contribution in [2.75, 3.05) is 31.1 Å². The van der Waals surface area contributed by atoms with Crippen LogP contribution < -0.4 is 10.2 Å². The molecule has 18 heavy (non-hydrogen) atoms. The number of aryl methyl sites for hydroxylation is 2. The SMILES string of the molecule is Cc1cnc(C)c(N(CCO)CC2CCCN2)n1. The minimum absolute atomic E-state index is 0.141. The van der Waals surface area contributed by atoms with E-state index in [9.17, 15) is 5.11 Å². The van der Waals surface area contributed by atoms with E-state index >= 15 is 0 Å². The third kappa shape index (κ3) is 3.17. The third-order valence-corrected chi connectivity index (χ3v) is 3.32. The number of nitrogens with zero attached hydrogens (tertiary/aromatic N) is 3. The van der Waals surface area contributed by atoms with Crippen LogP contribution in [0, 0.1) is 13.8 Å². The highest BCUT2D eigenvalue weighted by molar-refractivity contribution is 5.43. The summed E-state index contributed by atoms with van der Waals surface area (Å²) in [5.41, 5.74) is 1.84. The summed E-state index contributed by atoms with van der Waals surface area (Å²) in [6, 6.07) is 0.498. The Bertz CT molecular complexity index is 391. The molecule has 1 fully saturated rings. The first-order chi connectivity index (χ1) is 8.70. The van der Waals surface area contributed by atoms with E-state index in [-0.39, 0.29) is 6.61 Å². The van der Waals surface area contributed by atoms with Crippen molar-refractivity contribution >= 4 is 5.82 Å². The van der Waals surface area contributed by atoms with Crippen molar-refractivity contribution in [1.82, 2.24) is 15.3 Å². The van der Waals surface area contributed by atoms with E-state index in [0.29, 0.717) is 12.6 Å². The lowest BCUT2D eigenvalue weighted by molar-refractivity contribution is 0.300. The minimum Gasteiger partial charge on any atom is -0.395 e. The van der Waals surface area contributed by atoms with Crippen molar-refractivity contribution in [3.63, 3.8) is 0 Å². The summed E-state index contributed by atoms with van der Waals surface area (Å²) < 4.78 is 0. The Labute approximate surface area is 108 Å². The monoisotopic (exact) mass is 250 g/mol. The largest absolute Gasteiger partial charge is 0.395 e. The Kier molecular flexibility index (Phi) is 4.49. The molecule has 5 heteroatoms. The van der Waals surface area contributed by atoms with Crippen molar-refractivity contribution in [3.05, 3.63) is 17.6 Å². The maximum absolute atomic E-state index is 9.22. The second kappa shape index (κ2) is 6.11. The van der Waals surface area contributed by atoms with Crippen LogP contribution in [0.1, 0.15) is 24.2 Å². The molecule has 1 unspecified atom stereocenters. The van der Waals surface area contributed by atoms with E-state index < -0.39 is 0 Å². The van der Waals surface area contributed by atoms with E-state index in [1.165, 1.54) is 12.8 Å². The molecular formula is C13H22N4O. The Morgan fingerprint density at radius 1 is 1.50 bits per heavy atom. The number of hydrogen-bond acceptors (Lipinski definition) is 5. The van der Waals surface area contributed by atoms with Crippen molar-refractivity contribution in [1.29, 1.82) is 0 Å². The highest BCUT2D eigenvalue weighted by Gasteiger charge is 2.20. The molecule has 0 radical (unpaired) electrons. The molecule has 1 aromatic heterocycles. The molecule has 1 aliphatic heterocycles. The van der Waals surface area contributed by atoms with Gasteiger partial charge in [0.25, 0.3) is 0 Å². The standard InChI is InChI=1S/C13H22N4O/c1-10-8-15-11(2)13(16-10)17(6-7-18)9-12-4-3-5-14-12/h8,12,14,18H,3-7,9H2,1-2H3. The van der Waals surface area contributed by atoms with E-state index in [1.54, 1.807) is 6.20 Å². The summed E-state index contributed by atoms with van der Waals surface area (Å²) in [6.45, 7) is 6.64. The highest BCUT2D eigenvalue weighted by atomic mass is 16.3. The van der Waals surface area contributed by atoms with Gasteiger partial charge in [-0.05, 0) is 33.2 Å². The first-order valence-corrected chi connectivity index (χ1v) is 6.60. The topological polar surface area (TPSA) is 61.3 Å². The average Bonchev–Trinajstić information content (AvgIpc) is 2.85. The van der Waals surface area contributed by atoms with E-state index in [4.69, 9.17) is 0 Å². The van der Waals surface area contributed by atoms with E-state index in [0.717, 1.165) is 30.3 Å². The molecule has 1 atom stereocenters. The fraction of sp³-hybridized carbons (Fsp3) is 0.692. The van der Waals surface area contributed by atoms with Crippen LogP contribution >= 0.6 is 0 Å². The maximum atomic E-state index is 9.22. The molecule has 1 saturated heterocycles. The predicted octanol–water partition coefficient (Wildman–Crippen LogP) is 0.644. The van der Waals surface area contributed by atoms with Crippen molar-refractivity contribution in [2.45, 2.75) is 32.7 Å². The zero-order chi connectivity index (χ0) is 13.0. The molecule has 2 N–H and O–H groups in total. The van der Waals surface area contributed by atoms with Crippen molar-refractivity contribution in [2.24, 2.45) is 0 Å². The van der Waals surface area contributed by atoms with Gasteiger partial charge in [-0.1, -0.05) is 0 Å². The van der Waals surface area contributed by atoms with Crippen LogP contribution in [0.4, 0.5) is 5.82 Å². The Morgan fingerprint density at radius 3 is 3.00 bits per heavy atom. The lowest BCUT2D eigenvalue weighted by Gasteiger charge is -2.27. The van der Waals surface area contributed by atoms with Crippen molar-refractivity contribution < 1.29 is 5.11 Å². The van der Waals surface area contributed by atoms with E-state index in [2.05, 4.69) is 20.2 Å². The number of anilines is 1. The molecule has 2 heterocycles. The van der Waals surface area contributed by atoms with Gasteiger partial charge in [0.2, 0.25) is 0 Å². The van der Waals surface area contributed by atoms with Gasteiger partial charge < -0.3 is 15.3 Å². The first kappa shape index (κ1) is 13.2. The number of aliphatic hydroxyl groups is 1. The van der Waals surface area contributed by atoms with Gasteiger partial charge in [0.1, 0.15) is 5.82 Å². The number of nitrogens with one attached hydrogen (secondary N) is 1. The number of hydrogen-bond donors (Lipinski definition) is 2. The highest BCUT2D eigenvalue weighted by Crippen LogP contribution is 2.17. The summed E-state index contributed by atoms with van der Waals surface area (Å²) in [4.78, 5) is 11.0. The lowest BCUT2D eigenvalue weighted by Crippen LogP contribution is -2.40. The third-order valence-electron chi connectivity index (χ3n) is 3.32. The van der Waals surface area contributed by atoms with Gasteiger partial charge in [0, 0.05) is 25.3 Å². The average molecular weight is 250 g/mol. The van der Waals surface area contributed by atoms with Crippen LogP contribution in [0.2, 0.25) is 0 Å². The first-order valence-electron chi connectivity index (χ1n) is 6.60. The zero-order valence-electron chi connectivity index (χ0n) is 11.2. The number of rotatable bonds is 5. The van der Waals surface area contributed by atoms with E-state index in [1.807, 2.05) is 13.8 Å². The quantitative estimate of drug-likeness (QED) is 0.803. The molecule has 5 nitrogen and oxygen atoms in total. The molecule has 0 aliphatic carbocycles. The van der Waals surface area contributed by atoms with Crippen LogP contribution in [0.5, 0.6) is 0 Å². The second-order valence-corrected chi connectivity index (χ2v) is 4.88. The summed E-state index contributed by atoms with van der Waals surface area (Å²) in [6.07, 6.45) is 4.21. The fourth-order valence-corrected chi connectivity index (χ4v) is 2.41. The normalized spacial score (nSPS) is 19.2. The van der Waals surface area contributed by atoms with Gasteiger partial charge >= 0.3 is 0 Å². The molecule has 0 spiro atoms. The molecule has 2 rings (SSSR count). The Balaban J connectivity index is 2.14. The molecular weight excluding hydrogens is 228 g/mol. The van der Waals surface area contributed by atoms with Gasteiger partial charge in [-0.2, -0.15) is 0 Å². The smallest absolute Gasteiger partial charge is 0.150 e. The molecule has 1 aliphatic rings. The summed E-state index contributed by atoms with van der Waals surface area (Å²) in [5.74, 6) is 0.901.